The van der Waals surface area contributed by atoms with Crippen molar-refractivity contribution in [3.8, 4) is 0 Å². The molecule has 848 valence electrons. The van der Waals surface area contributed by atoms with Gasteiger partial charge in [-0.25, -0.2) is 8.78 Å². The van der Waals surface area contributed by atoms with E-state index in [-0.39, 0.29) is 107 Å². The third-order valence-corrected chi connectivity index (χ3v) is 15.3. The lowest BCUT2D eigenvalue weighted by atomic mass is 10.1. The van der Waals surface area contributed by atoms with E-state index in [0.29, 0.717) is 34.4 Å². The Morgan fingerprint density at radius 3 is 0.880 bits per heavy atom. The fourth-order valence-corrected chi connectivity index (χ4v) is 9.63. The van der Waals surface area contributed by atoms with E-state index in [0.717, 1.165) is 57.5 Å². The van der Waals surface area contributed by atoms with Gasteiger partial charge >= 0.3 is 32.2 Å². The number of hydrogen-bond acceptors (Lipinski definition) is 36. The highest BCUT2D eigenvalue weighted by molar-refractivity contribution is 7.80. The van der Waals surface area contributed by atoms with Crippen molar-refractivity contribution in [1.29, 1.82) is 0 Å². The number of aryl methyl sites for hydroxylation is 8. The van der Waals surface area contributed by atoms with Crippen LogP contribution in [0.25, 0.3) is 34.0 Å². The second-order valence-electron chi connectivity index (χ2n) is 27.8. The number of H-pyrrole nitrogens is 2. The summed E-state index contributed by atoms with van der Waals surface area (Å²) in [4.78, 5) is 108. The van der Waals surface area contributed by atoms with Crippen molar-refractivity contribution >= 4 is 112 Å². The Balaban J connectivity index is -0.000000140. The summed E-state index contributed by atoms with van der Waals surface area (Å²) in [6.45, 7) is 17.9. The minimum Gasteiger partial charge on any atom is -0.398 e. The molecule has 2 aromatic heterocycles. The largest absolute Gasteiger partial charge is 0.398 e. The zero-order chi connectivity index (χ0) is 117. The SMILES string of the molecule is C.C.C.C.CCO.CCO.CN(C)/C=C/c1cc(F)c([N+](=O)[O-])cc1[N+](=O)[O-].COC(OC)N(C)C.COC(OC)N(C)C.Cc1cc(/C=C/N(C)C)c([N+](=O)[O-])cc1[N+](=O)[O-].Cc1cc(C)c([N+](=O)[O-])cc1[N+](=O)[O-].Cc1cc(F)c([N+](=O)[O-])cc1[N+](=O)[O-].Cc1cc2cc[nH]c2cc1N.Cc1cccc(C)c1.Cc1cccc(F)c1.Nc1cc2[nH]ccc2cc1F.O=S(=O)(O)O.O=S(=O)(O)O.O=[N+]([O-])O.O=[N+]([O-])O.[2H]CF.[2H]CF. The highest BCUT2D eigenvalue weighted by Gasteiger charge is 2.26. The minimum absolute atomic E-state index is 0. The van der Waals surface area contributed by atoms with E-state index in [1.165, 1.54) is 66.0 Å². The molecule has 0 unspecified atom stereocenters. The summed E-state index contributed by atoms with van der Waals surface area (Å²) in [7, 11) is 9.56. The molecule has 2 heterocycles. The highest BCUT2D eigenvalue weighted by atomic mass is 32.3. The van der Waals surface area contributed by atoms with E-state index in [2.05, 4.69) is 54.1 Å². The number of benzene rings is 8. The number of aromatic nitrogens is 2. The number of fused-ring (bicyclic) bond motifs is 2. The van der Waals surface area contributed by atoms with Crippen molar-refractivity contribution in [2.24, 2.45) is 0 Å². The van der Waals surface area contributed by atoms with Crippen LogP contribution in [0, 0.1) is 180 Å². The molecule has 0 fully saturated rings. The molecule has 8 aromatic carbocycles. The predicted molar refractivity (Wildman–Crippen MR) is 556 cm³/mol. The van der Waals surface area contributed by atoms with Crippen molar-refractivity contribution in [3.05, 3.63) is 338 Å². The first-order valence-corrected chi connectivity index (χ1v) is 42.3. The van der Waals surface area contributed by atoms with Crippen LogP contribution in [0.1, 0.15) is 102 Å². The van der Waals surface area contributed by atoms with Crippen molar-refractivity contribution in [3.63, 3.8) is 0 Å². The number of halogens is 6. The molecule has 0 bridgehead atoms. The summed E-state index contributed by atoms with van der Waals surface area (Å²) in [5, 5.41) is 129. The van der Waals surface area contributed by atoms with Gasteiger partial charge in [0.15, 0.2) is 0 Å². The molecule has 0 amide bonds. The molecule has 54 nitrogen and oxygen atoms in total. The average molecular weight is 2200 g/mol. The number of nitro benzene ring substituents is 8. The highest BCUT2D eigenvalue weighted by Crippen LogP contribution is 2.33. The van der Waals surface area contributed by atoms with Gasteiger partial charge in [-0.05, 0) is 211 Å². The van der Waals surface area contributed by atoms with Gasteiger partial charge in [0.2, 0.25) is 24.5 Å². The van der Waals surface area contributed by atoms with E-state index >= 15 is 0 Å². The van der Waals surface area contributed by atoms with Gasteiger partial charge in [0.05, 0.1) is 97.5 Å². The van der Waals surface area contributed by atoms with Crippen LogP contribution in [-0.2, 0) is 39.7 Å². The molecule has 0 aliphatic heterocycles. The number of nitrogens with one attached hydrogen (secondary N) is 2. The van der Waals surface area contributed by atoms with Crippen LogP contribution in [-0.4, -0.2) is 260 Å². The van der Waals surface area contributed by atoms with Crippen LogP contribution in [0.3, 0.4) is 0 Å². The van der Waals surface area contributed by atoms with Gasteiger partial charge in [0, 0.05) is 127 Å². The number of ether oxygens (including phenoxy) is 4. The predicted octanol–water partition coefficient (Wildman–Crippen LogP) is 18.9. The van der Waals surface area contributed by atoms with Gasteiger partial charge in [-0.1, -0.05) is 77.2 Å². The third-order valence-electron chi connectivity index (χ3n) is 15.3. The van der Waals surface area contributed by atoms with Crippen LogP contribution in [0.15, 0.2) is 158 Å². The van der Waals surface area contributed by atoms with Crippen molar-refractivity contribution in [1.82, 2.24) is 29.6 Å². The van der Waals surface area contributed by atoms with Crippen LogP contribution in [0.4, 0.5) is 83.2 Å². The second kappa shape index (κ2) is 86.3. The number of nitrogens with zero attached hydrogens (tertiary/aromatic N) is 14. The number of hydrogen-bond donors (Lipinski definition) is 12. The lowest BCUT2D eigenvalue weighted by Gasteiger charge is -2.19. The van der Waals surface area contributed by atoms with Crippen molar-refractivity contribution in [2.45, 2.75) is 112 Å². The smallest absolute Gasteiger partial charge is 0.394 e. The molecule has 150 heavy (non-hydrogen) atoms. The molecule has 10 aromatic rings. The summed E-state index contributed by atoms with van der Waals surface area (Å²) >= 11 is 0. The van der Waals surface area contributed by atoms with Crippen LogP contribution in [0.2, 0.25) is 0 Å². The zero-order valence-corrected chi connectivity index (χ0v) is 84.3. The van der Waals surface area contributed by atoms with Crippen LogP contribution < -0.4 is 11.5 Å². The van der Waals surface area contributed by atoms with E-state index in [1.54, 1.807) is 138 Å². The average Bonchev–Trinajstić information content (AvgIpc) is 1.19. The number of nitrogens with two attached hydrogens (primary N) is 2. The Labute approximate surface area is 864 Å². The van der Waals surface area contributed by atoms with E-state index in [9.17, 15) is 107 Å². The maximum absolute atomic E-state index is 13.4. The fraction of sp³-hybridized carbons (Fsp3) is 0.364. The normalized spacial score (nSPS) is 9.72. The Bertz CT molecular complexity index is 5480. The third kappa shape index (κ3) is 78.5. The molecule has 0 atom stereocenters. The first-order chi connectivity index (χ1) is 68.2. The number of anilines is 2. The molecular formula is C88H136F6N18O36S2. The van der Waals surface area contributed by atoms with Crippen molar-refractivity contribution in [2.75, 3.05) is 124 Å². The Morgan fingerprint density at radius 1 is 0.380 bits per heavy atom. The van der Waals surface area contributed by atoms with Crippen LogP contribution >= 0.6 is 0 Å². The van der Waals surface area contributed by atoms with Gasteiger partial charge in [-0.3, -0.25) is 118 Å². The maximum atomic E-state index is 13.4. The number of aliphatic hydroxyl groups is 2. The first-order valence-electron chi connectivity index (χ1n) is 40.9. The van der Waals surface area contributed by atoms with Gasteiger partial charge in [-0.2, -0.15) is 25.6 Å². The number of nitro groups is 8. The quantitative estimate of drug-likeness (QED) is 0.00948. The molecular weight excluding hydrogens is 2060 g/mol. The molecule has 62 heteroatoms. The van der Waals surface area contributed by atoms with Gasteiger partial charge in [-0.15, -0.1) is 20.2 Å². The molecule has 0 saturated carbocycles. The van der Waals surface area contributed by atoms with E-state index < -0.39 is 119 Å². The molecule has 0 saturated heterocycles. The zero-order valence-electron chi connectivity index (χ0n) is 84.7. The first kappa shape index (κ1) is 154. The monoisotopic (exact) mass is 2200 g/mol. The molecule has 0 radical (unpaired) electrons. The van der Waals surface area contributed by atoms with Gasteiger partial charge in [0.1, 0.15) is 11.6 Å². The maximum Gasteiger partial charge on any atom is 0.394 e. The fourth-order valence-electron chi connectivity index (χ4n) is 9.63. The molecule has 0 spiro atoms. The van der Waals surface area contributed by atoms with E-state index in [4.69, 9.17) is 109 Å². The summed E-state index contributed by atoms with van der Waals surface area (Å²) in [6.07, 6.45) is 9.23. The number of rotatable bonds is 18. The van der Waals surface area contributed by atoms with Gasteiger partial charge < -0.3 is 70.8 Å². The topological polar surface area (TPSA) is 795 Å². The number of nitrogen functional groups attached to an aromatic ring is 2. The number of aliphatic hydroxyl groups excluding tert-OH is 2. The van der Waals surface area contributed by atoms with Crippen LogP contribution in [0.5, 0.6) is 0 Å². The Hall–Kier alpha value is -15.9. The van der Waals surface area contributed by atoms with Gasteiger partial charge in [0.25, 0.3) is 44.3 Å². The Morgan fingerprint density at radius 2 is 0.627 bits per heavy atom. The Kier molecular flexibility index (Phi) is 88.7. The standard InChI is InChI=1S/C11H13N3O4.C10H10FN3O4.C9H10N2.C8H7FN2.C8H8N2O4.C8H10.C7H5FN2O4.C7H7F.2C5H13NO2.2C2H6O.2CH3F.4CH4.2HNO3.2H2O4S/c1-8-6-9(4-5-12(2)3)11(14(17)18)7-10(8)13(15)16;1-12(2)4-3-7-5-8(11)10(14(17)18)6-9(7)13(15)16;1-6-4-7-2-3-11-9(7)5-8(6)10;9-6-3-5-1-2-11-8(5)4-7(6)10;1-5-3-6(2)8(10(13)14)4-7(5)9(11)12;1-7-4-3-5-8(2)6-7;1-4-2-5(8)7(10(13)14)3-6(4)9(11)12;1-6-3-2-4-7(8)5-6;2*1-6(2)5(7-3)8-4;2*1-2-3;2*1-2;;;;;2*2-1(3)4;2*1-5(2,3)4/h4-7H,1-3H3;3-6H,1-2H3;2-5,11H,10H2,1H3;1-4,11H,10H2;3-4H,1-2H3;3-6H,1-2H3;2-3H,1H3;2-5H,1H3;2*5H,1-4H3;2*3H,2H2,1H3;2*1H3;4*1H4;2*(H,2,3,4);2*(H2,1,2,3,4)/b5-4+;4-3+;;;;;;;;;;;;;;;;;;;;/i;;;;;;;;;;;;2*1D;;;;;;;;. The molecule has 0 aliphatic carbocycles. The summed E-state index contributed by atoms with van der Waals surface area (Å²) < 4.78 is 165. The van der Waals surface area contributed by atoms with E-state index in [1.807, 2.05) is 76.2 Å². The second-order valence-corrected chi connectivity index (χ2v) is 29.6. The molecule has 14 N–H and O–H groups in total. The summed E-state index contributed by atoms with van der Waals surface area (Å²) in [6, 6.07) is 33.5. The lowest BCUT2D eigenvalue weighted by molar-refractivity contribution is -0.742. The molecule has 0 aliphatic rings. The number of aromatic amines is 2. The van der Waals surface area contributed by atoms with Crippen molar-refractivity contribution < 1.29 is 153 Å². The number of methoxy groups -OCH3 is 4. The number of alkyl halides is 2. The molecule has 10 rings (SSSR count). The minimum atomic E-state index is -4.67. The lowest BCUT2D eigenvalue weighted by Crippen LogP contribution is -2.30. The summed E-state index contributed by atoms with van der Waals surface area (Å²) in [5.74, 6) is -2.70. The summed E-state index contributed by atoms with van der Waals surface area (Å²) in [5.41, 5.74) is 16.7.